The summed E-state index contributed by atoms with van der Waals surface area (Å²) in [6, 6.07) is 3.24. The molecule has 0 spiro atoms. The Hall–Kier alpha value is -0.970. The summed E-state index contributed by atoms with van der Waals surface area (Å²) in [5.41, 5.74) is 6.29. The summed E-state index contributed by atoms with van der Waals surface area (Å²) in [5.74, 6) is 0.781. The van der Waals surface area contributed by atoms with Crippen LogP contribution in [0.15, 0.2) is 12.1 Å². The molecule has 4 nitrogen and oxygen atoms in total. The van der Waals surface area contributed by atoms with Gasteiger partial charge in [-0.15, -0.1) is 0 Å². The predicted octanol–water partition coefficient (Wildman–Crippen LogP) is 2.99. The first kappa shape index (κ1) is 17.1. The number of hydrogen-bond acceptors (Lipinski definition) is 3. The lowest BCUT2D eigenvalue weighted by molar-refractivity contribution is -0.123. The highest BCUT2D eigenvalue weighted by atomic mass is 35.5. The summed E-state index contributed by atoms with van der Waals surface area (Å²) in [6.45, 7) is 4.99. The van der Waals surface area contributed by atoms with Gasteiger partial charge in [-0.1, -0.05) is 37.0 Å². The molecule has 3 N–H and O–H groups in total. The number of nitrogens with two attached hydrogens (primary N) is 1. The third-order valence-electron chi connectivity index (χ3n) is 2.70. The van der Waals surface area contributed by atoms with Crippen molar-refractivity contribution in [2.75, 3.05) is 13.2 Å². The molecular formula is C14H20Cl2N2O2. The second-order valence-corrected chi connectivity index (χ2v) is 5.74. The molecule has 20 heavy (non-hydrogen) atoms. The van der Waals surface area contributed by atoms with Crippen molar-refractivity contribution >= 4 is 29.1 Å². The Morgan fingerprint density at radius 3 is 2.70 bits per heavy atom. The first-order valence-electron chi connectivity index (χ1n) is 6.51. The van der Waals surface area contributed by atoms with E-state index in [1.807, 2.05) is 0 Å². The maximum atomic E-state index is 11.6. The molecule has 0 heterocycles. The van der Waals surface area contributed by atoms with Crippen LogP contribution in [0.3, 0.4) is 0 Å². The van der Waals surface area contributed by atoms with Gasteiger partial charge in [0.2, 0.25) is 0 Å². The number of carbonyl (C=O) groups is 1. The summed E-state index contributed by atoms with van der Waals surface area (Å²) in [6.07, 6.45) is 0.932. The fourth-order valence-corrected chi connectivity index (χ4v) is 2.21. The average molecular weight is 319 g/mol. The largest absolute Gasteiger partial charge is 0.482 e. The molecule has 0 aliphatic carbocycles. The maximum Gasteiger partial charge on any atom is 0.257 e. The number of halogens is 2. The van der Waals surface area contributed by atoms with Crippen LogP contribution in [0.4, 0.5) is 0 Å². The Balaban J connectivity index is 2.55. The molecule has 0 aliphatic heterocycles. The molecule has 0 bridgehead atoms. The number of nitrogens with one attached hydrogen (secondary N) is 1. The Morgan fingerprint density at radius 1 is 1.40 bits per heavy atom. The second kappa shape index (κ2) is 8.35. The van der Waals surface area contributed by atoms with Crippen molar-refractivity contribution in [3.63, 3.8) is 0 Å². The topological polar surface area (TPSA) is 64.3 Å². The van der Waals surface area contributed by atoms with Gasteiger partial charge in [-0.05, 0) is 24.5 Å². The van der Waals surface area contributed by atoms with E-state index in [4.69, 9.17) is 33.7 Å². The third-order valence-corrected chi connectivity index (χ3v) is 3.20. The maximum absolute atomic E-state index is 11.6. The van der Waals surface area contributed by atoms with E-state index < -0.39 is 0 Å². The molecule has 1 aromatic carbocycles. The van der Waals surface area contributed by atoms with Crippen LogP contribution in [0.5, 0.6) is 5.75 Å². The lowest BCUT2D eigenvalue weighted by atomic mass is 10.1. The first-order valence-corrected chi connectivity index (χ1v) is 7.27. The standard InChI is InChI=1S/C14H20Cl2N2O2/c1-9(2)3-4-18-13(19)8-20-14-10(7-17)5-11(15)6-12(14)16/h5-6,9H,3-4,7-8,17H2,1-2H3,(H,18,19). The highest BCUT2D eigenvalue weighted by molar-refractivity contribution is 6.35. The van der Waals surface area contributed by atoms with Gasteiger partial charge >= 0.3 is 0 Å². The van der Waals surface area contributed by atoms with Gasteiger partial charge in [0.05, 0.1) is 5.02 Å². The normalized spacial score (nSPS) is 10.7. The lowest BCUT2D eigenvalue weighted by Gasteiger charge is -2.13. The molecule has 1 amide bonds. The molecule has 0 radical (unpaired) electrons. The Bertz CT molecular complexity index is 465. The third kappa shape index (κ3) is 5.57. The van der Waals surface area contributed by atoms with Crippen molar-refractivity contribution in [2.45, 2.75) is 26.8 Å². The van der Waals surface area contributed by atoms with Gasteiger partial charge in [0.25, 0.3) is 5.91 Å². The Kier molecular flexibility index (Phi) is 7.13. The molecule has 0 saturated carbocycles. The Labute approximate surface area is 129 Å². The van der Waals surface area contributed by atoms with Crippen LogP contribution in [0.25, 0.3) is 0 Å². The van der Waals surface area contributed by atoms with Crippen molar-refractivity contribution in [3.05, 3.63) is 27.7 Å². The lowest BCUT2D eigenvalue weighted by Crippen LogP contribution is -2.30. The first-order chi connectivity index (χ1) is 9.43. The second-order valence-electron chi connectivity index (χ2n) is 4.90. The number of benzene rings is 1. The van der Waals surface area contributed by atoms with Crippen molar-refractivity contribution in [3.8, 4) is 5.75 Å². The molecular weight excluding hydrogens is 299 g/mol. The molecule has 0 unspecified atom stereocenters. The van der Waals surface area contributed by atoms with E-state index in [0.29, 0.717) is 33.8 Å². The number of hydrogen-bond donors (Lipinski definition) is 2. The molecule has 0 aliphatic rings. The van der Waals surface area contributed by atoms with Crippen molar-refractivity contribution in [2.24, 2.45) is 11.7 Å². The van der Waals surface area contributed by atoms with E-state index in [2.05, 4.69) is 19.2 Å². The highest BCUT2D eigenvalue weighted by Crippen LogP contribution is 2.32. The van der Waals surface area contributed by atoms with E-state index in [-0.39, 0.29) is 19.1 Å². The molecule has 1 rings (SSSR count). The molecule has 112 valence electrons. The van der Waals surface area contributed by atoms with Crippen molar-refractivity contribution in [1.29, 1.82) is 0 Å². The molecule has 0 atom stereocenters. The molecule has 0 fully saturated rings. The SMILES string of the molecule is CC(C)CCNC(=O)COc1c(Cl)cc(Cl)cc1CN. The monoisotopic (exact) mass is 318 g/mol. The van der Waals surface area contributed by atoms with Crippen LogP contribution in [-0.4, -0.2) is 19.1 Å². The summed E-state index contributed by atoms with van der Waals surface area (Å²) in [5, 5.41) is 3.63. The number of amides is 1. The van der Waals surface area contributed by atoms with E-state index in [1.54, 1.807) is 12.1 Å². The van der Waals surface area contributed by atoms with E-state index in [9.17, 15) is 4.79 Å². The molecule has 0 aromatic heterocycles. The van der Waals surface area contributed by atoms with Gasteiger partial charge in [0.15, 0.2) is 6.61 Å². The number of carbonyl (C=O) groups excluding carboxylic acids is 1. The molecule has 6 heteroatoms. The summed E-state index contributed by atoms with van der Waals surface area (Å²) < 4.78 is 5.45. The summed E-state index contributed by atoms with van der Waals surface area (Å²) >= 11 is 11.9. The van der Waals surface area contributed by atoms with E-state index in [0.717, 1.165) is 6.42 Å². The molecule has 1 aromatic rings. The zero-order valence-electron chi connectivity index (χ0n) is 11.7. The number of rotatable bonds is 7. The van der Waals surface area contributed by atoms with Gasteiger partial charge in [0, 0.05) is 23.7 Å². The summed E-state index contributed by atoms with van der Waals surface area (Å²) in [4.78, 5) is 11.6. The van der Waals surface area contributed by atoms with Crippen molar-refractivity contribution < 1.29 is 9.53 Å². The van der Waals surface area contributed by atoms with Gasteiger partial charge in [-0.3, -0.25) is 4.79 Å². The van der Waals surface area contributed by atoms with Crippen LogP contribution in [-0.2, 0) is 11.3 Å². The van der Waals surface area contributed by atoms with Crippen LogP contribution in [0, 0.1) is 5.92 Å². The van der Waals surface area contributed by atoms with Crippen molar-refractivity contribution in [1.82, 2.24) is 5.32 Å². The highest BCUT2D eigenvalue weighted by Gasteiger charge is 2.11. The molecule has 0 saturated heterocycles. The fourth-order valence-electron chi connectivity index (χ4n) is 1.62. The van der Waals surface area contributed by atoms with Gasteiger partial charge < -0.3 is 15.8 Å². The quantitative estimate of drug-likeness (QED) is 0.812. The van der Waals surface area contributed by atoms with Gasteiger partial charge in [0.1, 0.15) is 5.75 Å². The van der Waals surface area contributed by atoms with Gasteiger partial charge in [-0.25, -0.2) is 0 Å². The van der Waals surface area contributed by atoms with E-state index in [1.165, 1.54) is 0 Å². The minimum Gasteiger partial charge on any atom is -0.482 e. The zero-order valence-corrected chi connectivity index (χ0v) is 13.2. The van der Waals surface area contributed by atoms with Crippen LogP contribution in [0.2, 0.25) is 10.0 Å². The Morgan fingerprint density at radius 2 is 2.10 bits per heavy atom. The fraction of sp³-hybridized carbons (Fsp3) is 0.500. The van der Waals surface area contributed by atoms with Crippen LogP contribution in [0.1, 0.15) is 25.8 Å². The van der Waals surface area contributed by atoms with Crippen LogP contribution < -0.4 is 15.8 Å². The zero-order chi connectivity index (χ0) is 15.1. The minimum atomic E-state index is -0.181. The summed E-state index contributed by atoms with van der Waals surface area (Å²) in [7, 11) is 0. The van der Waals surface area contributed by atoms with Crippen LogP contribution >= 0.6 is 23.2 Å². The number of ether oxygens (including phenoxy) is 1. The smallest absolute Gasteiger partial charge is 0.257 e. The van der Waals surface area contributed by atoms with E-state index >= 15 is 0 Å². The van der Waals surface area contributed by atoms with Gasteiger partial charge in [-0.2, -0.15) is 0 Å². The average Bonchev–Trinajstić information content (AvgIpc) is 2.36. The minimum absolute atomic E-state index is 0.0908. The predicted molar refractivity (Wildman–Crippen MR) is 82.3 cm³/mol.